The first-order valence-corrected chi connectivity index (χ1v) is 8.34. The number of rotatable bonds is 5. The minimum atomic E-state index is 0. The van der Waals surface area contributed by atoms with Gasteiger partial charge in [0.25, 0.3) is 0 Å². The number of thiazole rings is 1. The number of aromatic nitrogens is 1. The third-order valence-electron chi connectivity index (χ3n) is 4.16. The summed E-state index contributed by atoms with van der Waals surface area (Å²) in [6.45, 7) is 10.0. The lowest BCUT2D eigenvalue weighted by Crippen LogP contribution is -2.63. The molecule has 1 aliphatic carbocycles. The summed E-state index contributed by atoms with van der Waals surface area (Å²) in [5, 5.41) is 9.93. The molecule has 2 rings (SSSR count). The largest absolute Gasteiger partial charge is 0.381 e. The molecule has 1 saturated carbocycles. The van der Waals surface area contributed by atoms with Gasteiger partial charge in [0.2, 0.25) is 0 Å². The number of hydrogen-bond acceptors (Lipinski definition) is 4. The van der Waals surface area contributed by atoms with Crippen molar-refractivity contribution in [1.82, 2.24) is 15.6 Å². The molecular weight excluding hydrogens is 411 g/mol. The van der Waals surface area contributed by atoms with E-state index in [2.05, 4.69) is 46.8 Å². The molecule has 126 valence electrons. The maximum absolute atomic E-state index is 5.50. The van der Waals surface area contributed by atoms with Gasteiger partial charge in [0, 0.05) is 36.2 Å². The van der Waals surface area contributed by atoms with Gasteiger partial charge in [0.05, 0.1) is 12.6 Å². The van der Waals surface area contributed by atoms with Crippen LogP contribution in [0.15, 0.2) is 10.4 Å². The van der Waals surface area contributed by atoms with Crippen LogP contribution in [0.5, 0.6) is 0 Å². The minimum Gasteiger partial charge on any atom is -0.381 e. The van der Waals surface area contributed by atoms with Gasteiger partial charge in [-0.1, -0.05) is 13.8 Å². The van der Waals surface area contributed by atoms with Crippen molar-refractivity contribution in [3.63, 3.8) is 0 Å². The average Bonchev–Trinajstić information content (AvgIpc) is 2.85. The summed E-state index contributed by atoms with van der Waals surface area (Å²) in [6.07, 6.45) is 1.34. The van der Waals surface area contributed by atoms with Crippen molar-refractivity contribution in [2.75, 3.05) is 13.7 Å². The Morgan fingerprint density at radius 3 is 2.77 bits per heavy atom. The van der Waals surface area contributed by atoms with E-state index >= 15 is 0 Å². The molecule has 1 fully saturated rings. The highest BCUT2D eigenvalue weighted by Gasteiger charge is 2.48. The van der Waals surface area contributed by atoms with Gasteiger partial charge in [-0.05, 0) is 20.3 Å². The molecule has 0 radical (unpaired) electrons. The van der Waals surface area contributed by atoms with Crippen molar-refractivity contribution in [3.05, 3.63) is 16.1 Å². The standard InChI is InChI=1S/C15H26N4OS.HI/c1-6-16-14(17-8-13-18-10(2)9-21-13)19-11-7-12(20-5)15(11,3)4;/h9,11-12H,6-8H2,1-5H3,(H2,16,17,19);1H. The van der Waals surface area contributed by atoms with Gasteiger partial charge >= 0.3 is 0 Å². The third kappa shape index (κ3) is 4.55. The van der Waals surface area contributed by atoms with Crippen LogP contribution in [0.25, 0.3) is 0 Å². The summed E-state index contributed by atoms with van der Waals surface area (Å²) < 4.78 is 5.50. The highest BCUT2D eigenvalue weighted by atomic mass is 127. The normalized spacial score (nSPS) is 23.4. The number of methoxy groups -OCH3 is 1. The summed E-state index contributed by atoms with van der Waals surface area (Å²) in [5.41, 5.74) is 1.19. The molecule has 0 aliphatic heterocycles. The number of halogens is 1. The van der Waals surface area contributed by atoms with Crippen LogP contribution < -0.4 is 10.6 Å². The van der Waals surface area contributed by atoms with Gasteiger partial charge < -0.3 is 15.4 Å². The van der Waals surface area contributed by atoms with Crippen LogP contribution in [0.1, 0.15) is 37.9 Å². The van der Waals surface area contributed by atoms with E-state index in [0.717, 1.165) is 29.6 Å². The molecule has 2 N–H and O–H groups in total. The van der Waals surface area contributed by atoms with Crippen LogP contribution in [0.2, 0.25) is 0 Å². The van der Waals surface area contributed by atoms with E-state index < -0.39 is 0 Å². The number of aliphatic imine (C=N–C) groups is 1. The summed E-state index contributed by atoms with van der Waals surface area (Å²) in [7, 11) is 1.78. The molecule has 0 spiro atoms. The number of ether oxygens (including phenoxy) is 1. The Bertz CT molecular complexity index is 503. The van der Waals surface area contributed by atoms with Crippen LogP contribution in [-0.4, -0.2) is 36.7 Å². The maximum Gasteiger partial charge on any atom is 0.191 e. The number of hydrogen-bond donors (Lipinski definition) is 2. The van der Waals surface area contributed by atoms with E-state index in [-0.39, 0.29) is 29.4 Å². The molecule has 0 aromatic carbocycles. The van der Waals surface area contributed by atoms with Gasteiger partial charge in [-0.3, -0.25) is 0 Å². The zero-order valence-corrected chi connectivity index (χ0v) is 17.1. The topological polar surface area (TPSA) is 58.5 Å². The Balaban J connectivity index is 0.00000242. The highest BCUT2D eigenvalue weighted by molar-refractivity contribution is 14.0. The molecule has 7 heteroatoms. The number of aryl methyl sites for hydroxylation is 1. The molecule has 1 aromatic rings. The first-order chi connectivity index (χ1) is 9.97. The molecule has 1 aliphatic rings. The van der Waals surface area contributed by atoms with E-state index in [1.807, 2.05) is 6.92 Å². The molecule has 0 bridgehead atoms. The minimum absolute atomic E-state index is 0. The SMILES string of the molecule is CCNC(=NCc1nc(C)cs1)NC1CC(OC)C1(C)C.I. The van der Waals surface area contributed by atoms with Crippen molar-refractivity contribution in [2.45, 2.75) is 52.8 Å². The molecule has 0 saturated heterocycles. The fourth-order valence-corrected chi connectivity index (χ4v) is 3.33. The maximum atomic E-state index is 5.50. The lowest BCUT2D eigenvalue weighted by Gasteiger charge is -2.51. The van der Waals surface area contributed by atoms with E-state index in [1.165, 1.54) is 0 Å². The number of nitrogens with one attached hydrogen (secondary N) is 2. The highest BCUT2D eigenvalue weighted by Crippen LogP contribution is 2.42. The molecule has 2 atom stereocenters. The van der Waals surface area contributed by atoms with Crippen LogP contribution in [0, 0.1) is 12.3 Å². The zero-order valence-electron chi connectivity index (χ0n) is 14.0. The monoisotopic (exact) mass is 438 g/mol. The molecule has 1 heterocycles. The van der Waals surface area contributed by atoms with E-state index in [1.54, 1.807) is 18.4 Å². The number of guanidine groups is 1. The van der Waals surface area contributed by atoms with Crippen molar-refractivity contribution in [2.24, 2.45) is 10.4 Å². The van der Waals surface area contributed by atoms with Gasteiger partial charge in [0.1, 0.15) is 5.01 Å². The molecule has 22 heavy (non-hydrogen) atoms. The van der Waals surface area contributed by atoms with Crippen LogP contribution in [-0.2, 0) is 11.3 Å². The fraction of sp³-hybridized carbons (Fsp3) is 0.733. The van der Waals surface area contributed by atoms with Gasteiger partial charge in [-0.15, -0.1) is 35.3 Å². The van der Waals surface area contributed by atoms with Crippen molar-refractivity contribution >= 4 is 41.3 Å². The predicted octanol–water partition coefficient (Wildman–Crippen LogP) is 2.94. The lowest BCUT2D eigenvalue weighted by atomic mass is 9.64. The Hall–Kier alpha value is -0.410. The third-order valence-corrected chi connectivity index (χ3v) is 5.11. The zero-order chi connectivity index (χ0) is 15.5. The first kappa shape index (κ1) is 19.6. The second-order valence-corrected chi connectivity index (χ2v) is 7.00. The second kappa shape index (κ2) is 8.44. The van der Waals surface area contributed by atoms with Crippen molar-refractivity contribution in [3.8, 4) is 0 Å². The Morgan fingerprint density at radius 2 is 2.27 bits per heavy atom. The molecule has 5 nitrogen and oxygen atoms in total. The molecule has 2 unspecified atom stereocenters. The smallest absolute Gasteiger partial charge is 0.191 e. The predicted molar refractivity (Wildman–Crippen MR) is 103 cm³/mol. The number of nitrogens with zero attached hydrogens (tertiary/aromatic N) is 2. The van der Waals surface area contributed by atoms with Crippen LogP contribution in [0.4, 0.5) is 0 Å². The lowest BCUT2D eigenvalue weighted by molar-refractivity contribution is -0.0922. The van der Waals surface area contributed by atoms with Crippen LogP contribution >= 0.6 is 35.3 Å². The summed E-state index contributed by atoms with van der Waals surface area (Å²) >= 11 is 1.66. The Labute approximate surface area is 154 Å². The van der Waals surface area contributed by atoms with Crippen LogP contribution in [0.3, 0.4) is 0 Å². The van der Waals surface area contributed by atoms with Crippen molar-refractivity contribution in [1.29, 1.82) is 0 Å². The quantitative estimate of drug-likeness (QED) is 0.422. The first-order valence-electron chi connectivity index (χ1n) is 7.46. The average molecular weight is 438 g/mol. The molecular formula is C15H27IN4OS. The summed E-state index contributed by atoms with van der Waals surface area (Å²) in [4.78, 5) is 9.08. The van der Waals surface area contributed by atoms with Gasteiger partial charge in [-0.25, -0.2) is 9.98 Å². The van der Waals surface area contributed by atoms with E-state index in [0.29, 0.717) is 18.7 Å². The fourth-order valence-electron chi connectivity index (χ4n) is 2.64. The molecule has 0 amide bonds. The van der Waals surface area contributed by atoms with Gasteiger partial charge in [-0.2, -0.15) is 0 Å². The van der Waals surface area contributed by atoms with E-state index in [9.17, 15) is 0 Å². The summed E-state index contributed by atoms with van der Waals surface area (Å²) in [5.74, 6) is 0.859. The van der Waals surface area contributed by atoms with Crippen molar-refractivity contribution < 1.29 is 4.74 Å². The molecule has 1 aromatic heterocycles. The van der Waals surface area contributed by atoms with E-state index in [4.69, 9.17) is 4.74 Å². The summed E-state index contributed by atoms with van der Waals surface area (Å²) in [6, 6.07) is 0.387. The Morgan fingerprint density at radius 1 is 1.55 bits per heavy atom. The van der Waals surface area contributed by atoms with Gasteiger partial charge in [0.15, 0.2) is 5.96 Å². The second-order valence-electron chi connectivity index (χ2n) is 6.06. The Kier molecular flexibility index (Phi) is 7.54.